The number of rotatable bonds is 6. The van der Waals surface area contributed by atoms with Crippen LogP contribution in [-0.4, -0.2) is 50.8 Å². The van der Waals surface area contributed by atoms with E-state index < -0.39 is 0 Å². The van der Waals surface area contributed by atoms with Crippen LogP contribution in [0.4, 0.5) is 5.69 Å². The Labute approximate surface area is 136 Å². The van der Waals surface area contributed by atoms with Crippen LogP contribution in [0.2, 0.25) is 0 Å². The summed E-state index contributed by atoms with van der Waals surface area (Å²) >= 11 is 0. The maximum absolute atomic E-state index is 5.45. The van der Waals surface area contributed by atoms with Gasteiger partial charge in [0.05, 0.1) is 13.2 Å². The standard InChI is InChI=1S/C19H32N2O/c1-15(2)14-21(7-6-20-8-10-22-11-9-20)19-12-16(3)18(5)17(4)13-19/h12-13,15H,6-11,14H2,1-5H3. The van der Waals surface area contributed by atoms with Gasteiger partial charge in [0.15, 0.2) is 0 Å². The van der Waals surface area contributed by atoms with E-state index in [0.717, 1.165) is 45.9 Å². The number of morpholine rings is 1. The highest BCUT2D eigenvalue weighted by molar-refractivity contribution is 5.54. The fourth-order valence-corrected chi connectivity index (χ4v) is 3.05. The van der Waals surface area contributed by atoms with E-state index in [-0.39, 0.29) is 0 Å². The summed E-state index contributed by atoms with van der Waals surface area (Å²) in [5.41, 5.74) is 5.59. The van der Waals surface area contributed by atoms with Gasteiger partial charge in [-0.1, -0.05) is 13.8 Å². The molecule has 0 amide bonds. The second kappa shape index (κ2) is 7.98. The fourth-order valence-electron chi connectivity index (χ4n) is 3.05. The van der Waals surface area contributed by atoms with Gasteiger partial charge < -0.3 is 9.64 Å². The Kier molecular flexibility index (Phi) is 6.27. The number of aryl methyl sites for hydroxylation is 2. The van der Waals surface area contributed by atoms with Gasteiger partial charge in [0.25, 0.3) is 0 Å². The number of hydrogen-bond donors (Lipinski definition) is 0. The Morgan fingerprint density at radius 2 is 1.68 bits per heavy atom. The Balaban J connectivity index is 2.08. The summed E-state index contributed by atoms with van der Waals surface area (Å²) in [5, 5.41) is 0. The molecule has 0 unspecified atom stereocenters. The van der Waals surface area contributed by atoms with Gasteiger partial charge in [-0.15, -0.1) is 0 Å². The lowest BCUT2D eigenvalue weighted by molar-refractivity contribution is 0.0391. The molecule has 3 nitrogen and oxygen atoms in total. The summed E-state index contributed by atoms with van der Waals surface area (Å²) < 4.78 is 5.45. The molecule has 1 aliphatic rings. The third-order valence-electron chi connectivity index (χ3n) is 4.65. The van der Waals surface area contributed by atoms with Crippen LogP contribution in [-0.2, 0) is 4.74 Å². The van der Waals surface area contributed by atoms with Gasteiger partial charge in [-0.25, -0.2) is 0 Å². The first kappa shape index (κ1) is 17.3. The smallest absolute Gasteiger partial charge is 0.0594 e. The van der Waals surface area contributed by atoms with Crippen molar-refractivity contribution < 1.29 is 4.74 Å². The fraction of sp³-hybridized carbons (Fsp3) is 0.684. The quantitative estimate of drug-likeness (QED) is 0.801. The summed E-state index contributed by atoms with van der Waals surface area (Å²) in [6.45, 7) is 18.5. The molecule has 0 aromatic heterocycles. The van der Waals surface area contributed by atoms with Crippen molar-refractivity contribution in [1.29, 1.82) is 0 Å². The molecule has 0 N–H and O–H groups in total. The molecule has 0 bridgehead atoms. The van der Waals surface area contributed by atoms with E-state index in [2.05, 4.69) is 56.6 Å². The number of ether oxygens (including phenoxy) is 1. The van der Waals surface area contributed by atoms with Crippen LogP contribution < -0.4 is 4.90 Å². The average Bonchev–Trinajstić information content (AvgIpc) is 2.49. The van der Waals surface area contributed by atoms with E-state index in [0.29, 0.717) is 5.92 Å². The first-order valence-corrected chi connectivity index (χ1v) is 8.60. The average molecular weight is 304 g/mol. The van der Waals surface area contributed by atoms with Crippen molar-refractivity contribution >= 4 is 5.69 Å². The molecule has 124 valence electrons. The second-order valence-corrected chi connectivity index (χ2v) is 7.00. The van der Waals surface area contributed by atoms with Gasteiger partial charge in [0.2, 0.25) is 0 Å². The van der Waals surface area contributed by atoms with E-state index in [4.69, 9.17) is 4.74 Å². The van der Waals surface area contributed by atoms with E-state index in [1.807, 2.05) is 0 Å². The number of anilines is 1. The minimum atomic E-state index is 0.673. The van der Waals surface area contributed by atoms with Crippen LogP contribution in [0.15, 0.2) is 12.1 Å². The first-order chi connectivity index (χ1) is 10.5. The molecular formula is C19H32N2O. The minimum absolute atomic E-state index is 0.673. The maximum atomic E-state index is 5.45. The highest BCUT2D eigenvalue weighted by Gasteiger charge is 2.15. The summed E-state index contributed by atoms with van der Waals surface area (Å²) in [5.74, 6) is 0.673. The maximum Gasteiger partial charge on any atom is 0.0594 e. The van der Waals surface area contributed by atoms with Crippen molar-refractivity contribution in [3.05, 3.63) is 28.8 Å². The summed E-state index contributed by atoms with van der Waals surface area (Å²) in [6, 6.07) is 4.70. The summed E-state index contributed by atoms with van der Waals surface area (Å²) in [7, 11) is 0. The first-order valence-electron chi connectivity index (χ1n) is 8.60. The molecule has 1 aromatic rings. The molecule has 0 atom stereocenters. The Morgan fingerprint density at radius 1 is 1.09 bits per heavy atom. The molecule has 1 heterocycles. The van der Waals surface area contributed by atoms with Crippen LogP contribution in [0, 0.1) is 26.7 Å². The van der Waals surface area contributed by atoms with Gasteiger partial charge in [-0.05, 0) is 55.5 Å². The normalized spacial score (nSPS) is 16.3. The molecule has 1 saturated heterocycles. The van der Waals surface area contributed by atoms with E-state index in [1.165, 1.54) is 22.4 Å². The Morgan fingerprint density at radius 3 is 2.23 bits per heavy atom. The summed E-state index contributed by atoms with van der Waals surface area (Å²) in [4.78, 5) is 5.07. The zero-order valence-corrected chi connectivity index (χ0v) is 15.0. The molecule has 0 aliphatic carbocycles. The zero-order valence-electron chi connectivity index (χ0n) is 15.0. The lowest BCUT2D eigenvalue weighted by Gasteiger charge is -2.32. The predicted octanol–water partition coefficient (Wildman–Crippen LogP) is 3.41. The number of hydrogen-bond acceptors (Lipinski definition) is 3. The lowest BCUT2D eigenvalue weighted by atomic mass is 10.0. The van der Waals surface area contributed by atoms with Gasteiger partial charge >= 0.3 is 0 Å². The largest absolute Gasteiger partial charge is 0.379 e. The van der Waals surface area contributed by atoms with Gasteiger partial charge in [-0.2, -0.15) is 0 Å². The van der Waals surface area contributed by atoms with Crippen molar-refractivity contribution in [3.8, 4) is 0 Å². The molecule has 1 fully saturated rings. The van der Waals surface area contributed by atoms with Gasteiger partial charge in [0.1, 0.15) is 0 Å². The van der Waals surface area contributed by atoms with Crippen molar-refractivity contribution in [2.75, 3.05) is 50.8 Å². The van der Waals surface area contributed by atoms with Gasteiger partial charge in [-0.3, -0.25) is 4.90 Å². The van der Waals surface area contributed by atoms with E-state index in [1.54, 1.807) is 0 Å². The van der Waals surface area contributed by atoms with Crippen molar-refractivity contribution in [2.45, 2.75) is 34.6 Å². The van der Waals surface area contributed by atoms with Crippen LogP contribution in [0.25, 0.3) is 0 Å². The molecule has 1 aliphatic heterocycles. The molecule has 0 radical (unpaired) electrons. The number of nitrogens with zero attached hydrogens (tertiary/aromatic N) is 2. The predicted molar refractivity (Wildman–Crippen MR) is 95.0 cm³/mol. The molecule has 2 rings (SSSR count). The lowest BCUT2D eigenvalue weighted by Crippen LogP contribution is -2.42. The monoisotopic (exact) mass is 304 g/mol. The number of benzene rings is 1. The van der Waals surface area contributed by atoms with Crippen LogP contribution in [0.5, 0.6) is 0 Å². The zero-order chi connectivity index (χ0) is 16.1. The highest BCUT2D eigenvalue weighted by atomic mass is 16.5. The van der Waals surface area contributed by atoms with Crippen LogP contribution in [0.3, 0.4) is 0 Å². The molecular weight excluding hydrogens is 272 g/mol. The SMILES string of the molecule is Cc1cc(N(CCN2CCOCC2)CC(C)C)cc(C)c1C. The van der Waals surface area contributed by atoms with Crippen LogP contribution >= 0.6 is 0 Å². The molecule has 0 spiro atoms. The Hall–Kier alpha value is -1.06. The van der Waals surface area contributed by atoms with E-state index >= 15 is 0 Å². The second-order valence-electron chi connectivity index (χ2n) is 7.00. The topological polar surface area (TPSA) is 15.7 Å². The molecule has 3 heteroatoms. The Bertz CT molecular complexity index is 455. The molecule has 22 heavy (non-hydrogen) atoms. The third-order valence-corrected chi connectivity index (χ3v) is 4.65. The summed E-state index contributed by atoms with van der Waals surface area (Å²) in [6.07, 6.45) is 0. The van der Waals surface area contributed by atoms with Crippen molar-refractivity contribution in [3.63, 3.8) is 0 Å². The van der Waals surface area contributed by atoms with Gasteiger partial charge in [0, 0.05) is 38.4 Å². The highest BCUT2D eigenvalue weighted by Crippen LogP contribution is 2.23. The van der Waals surface area contributed by atoms with Crippen LogP contribution in [0.1, 0.15) is 30.5 Å². The van der Waals surface area contributed by atoms with E-state index in [9.17, 15) is 0 Å². The molecule has 1 aromatic carbocycles. The van der Waals surface area contributed by atoms with Crippen molar-refractivity contribution in [2.24, 2.45) is 5.92 Å². The molecule has 0 saturated carbocycles. The van der Waals surface area contributed by atoms with Crippen molar-refractivity contribution in [1.82, 2.24) is 4.90 Å². The third kappa shape index (κ3) is 4.72. The minimum Gasteiger partial charge on any atom is -0.379 e.